The third kappa shape index (κ3) is 4.45. The Balaban J connectivity index is 1.66. The van der Waals surface area contributed by atoms with E-state index in [9.17, 15) is 26.0 Å². The van der Waals surface area contributed by atoms with Crippen LogP contribution in [0.4, 0.5) is 23.5 Å². The highest BCUT2D eigenvalue weighted by molar-refractivity contribution is 7.92. The molecule has 0 radical (unpaired) electrons. The molecule has 0 amide bonds. The zero-order chi connectivity index (χ0) is 22.9. The fraction of sp³-hybridized carbons (Fsp3) is 0.273. The lowest BCUT2D eigenvalue weighted by atomic mass is 9.87. The van der Waals surface area contributed by atoms with Crippen LogP contribution in [0, 0.1) is 0 Å². The van der Waals surface area contributed by atoms with Crippen LogP contribution in [0.15, 0.2) is 59.8 Å². The number of alkyl halides is 4. The van der Waals surface area contributed by atoms with Gasteiger partial charge in [-0.2, -0.15) is 13.2 Å². The zero-order valence-electron chi connectivity index (χ0n) is 16.7. The molecule has 5 nitrogen and oxygen atoms in total. The lowest BCUT2D eigenvalue weighted by molar-refractivity contribution is -0.137. The first-order valence-corrected chi connectivity index (χ1v) is 11.4. The number of hydrogen-bond acceptors (Lipinski definition) is 4. The van der Waals surface area contributed by atoms with Gasteiger partial charge in [0.1, 0.15) is 0 Å². The Kier molecular flexibility index (Phi) is 5.89. The summed E-state index contributed by atoms with van der Waals surface area (Å²) in [5, 5.41) is 0. The first-order valence-electron chi connectivity index (χ1n) is 9.87. The zero-order valence-corrected chi connectivity index (χ0v) is 17.5. The Morgan fingerprint density at radius 2 is 1.75 bits per heavy atom. The largest absolute Gasteiger partial charge is 0.416 e. The number of anilines is 1. The summed E-state index contributed by atoms with van der Waals surface area (Å²) in [5.74, 6) is -0.275. The average molecular weight is 465 g/mol. The summed E-state index contributed by atoms with van der Waals surface area (Å²) in [7, 11) is -3.91. The van der Waals surface area contributed by atoms with Gasteiger partial charge in [-0.25, -0.2) is 23.1 Å². The summed E-state index contributed by atoms with van der Waals surface area (Å²) in [6.07, 6.45) is -0.636. The first-order chi connectivity index (χ1) is 15.2. The molecule has 32 heavy (non-hydrogen) atoms. The maximum Gasteiger partial charge on any atom is 0.416 e. The van der Waals surface area contributed by atoms with Crippen molar-refractivity contribution in [2.75, 3.05) is 11.4 Å². The van der Waals surface area contributed by atoms with Crippen molar-refractivity contribution in [3.05, 3.63) is 82.7 Å². The van der Waals surface area contributed by atoms with Crippen molar-refractivity contribution in [1.29, 1.82) is 0 Å². The van der Waals surface area contributed by atoms with Crippen LogP contribution in [0.2, 0.25) is 0 Å². The van der Waals surface area contributed by atoms with Crippen LogP contribution in [0.1, 0.15) is 40.2 Å². The summed E-state index contributed by atoms with van der Waals surface area (Å²) < 4.78 is 80.1. The van der Waals surface area contributed by atoms with Gasteiger partial charge < -0.3 is 0 Å². The van der Waals surface area contributed by atoms with Crippen molar-refractivity contribution in [2.45, 2.75) is 36.3 Å². The quantitative estimate of drug-likeness (QED) is 0.527. The number of hydrogen-bond donors (Lipinski definition) is 1. The number of nitrogens with zero attached hydrogens (tertiary/aromatic N) is 2. The van der Waals surface area contributed by atoms with Crippen LogP contribution < -0.4 is 4.72 Å². The Morgan fingerprint density at radius 1 is 1.03 bits per heavy atom. The lowest BCUT2D eigenvalue weighted by Gasteiger charge is -2.19. The van der Waals surface area contributed by atoms with Crippen LogP contribution in [-0.2, 0) is 29.0 Å². The van der Waals surface area contributed by atoms with Gasteiger partial charge in [0, 0.05) is 24.7 Å². The molecule has 1 aromatic heterocycles. The van der Waals surface area contributed by atoms with Gasteiger partial charge in [0.05, 0.1) is 17.1 Å². The molecular formula is C22H19F4N3O2S. The van der Waals surface area contributed by atoms with E-state index in [0.717, 1.165) is 23.3 Å². The Bertz CT molecular complexity index is 1230. The Morgan fingerprint density at radius 3 is 2.44 bits per heavy atom. The molecular weight excluding hydrogens is 446 g/mol. The SMILES string of the molecule is O=S(=O)(Nc1ncccn1)c1ccc2c(c1)CCC2c1ccc(C(F)(F)F)cc1CCF. The standard InChI is InChI=1S/C22H19F4N3O2S/c23-9-8-15-12-16(22(24,25)26)3-6-18(15)20-5-2-14-13-17(4-7-19(14)20)32(30,31)29-21-27-10-1-11-28-21/h1,3-4,6-7,10-13,20H,2,5,8-9H2,(H,27,28,29). The number of rotatable bonds is 6. The Hall–Kier alpha value is -3.01. The van der Waals surface area contributed by atoms with Crippen molar-refractivity contribution < 1.29 is 26.0 Å². The van der Waals surface area contributed by atoms with E-state index < -0.39 is 28.4 Å². The predicted octanol–water partition coefficient (Wildman–Crippen LogP) is 4.89. The molecule has 0 spiro atoms. The van der Waals surface area contributed by atoms with Crippen LogP contribution in [-0.4, -0.2) is 25.1 Å². The van der Waals surface area contributed by atoms with Gasteiger partial charge in [0.25, 0.3) is 10.0 Å². The number of nitrogens with one attached hydrogen (secondary N) is 1. The van der Waals surface area contributed by atoms with E-state index in [-0.39, 0.29) is 23.2 Å². The molecule has 0 fully saturated rings. The highest BCUT2D eigenvalue weighted by atomic mass is 32.2. The molecule has 1 aliphatic rings. The van der Waals surface area contributed by atoms with E-state index >= 15 is 0 Å². The molecule has 4 rings (SSSR count). The third-order valence-corrected chi connectivity index (χ3v) is 6.83. The van der Waals surface area contributed by atoms with Crippen LogP contribution >= 0.6 is 0 Å². The summed E-state index contributed by atoms with van der Waals surface area (Å²) >= 11 is 0. The molecule has 2 aromatic carbocycles. The molecule has 0 saturated heterocycles. The fourth-order valence-electron chi connectivity index (χ4n) is 4.06. The van der Waals surface area contributed by atoms with E-state index in [0.29, 0.717) is 24.0 Å². The van der Waals surface area contributed by atoms with Gasteiger partial charge in [-0.1, -0.05) is 12.1 Å². The smallest absolute Gasteiger partial charge is 0.251 e. The molecule has 1 N–H and O–H groups in total. The van der Waals surface area contributed by atoms with Crippen LogP contribution in [0.5, 0.6) is 0 Å². The maximum atomic E-state index is 13.1. The molecule has 0 bridgehead atoms. The number of aromatic nitrogens is 2. The average Bonchev–Trinajstić information content (AvgIpc) is 3.17. The fourth-order valence-corrected chi connectivity index (χ4v) is 5.06. The minimum atomic E-state index is -4.50. The van der Waals surface area contributed by atoms with Gasteiger partial charge in [0.15, 0.2) is 0 Å². The number of benzene rings is 2. The monoisotopic (exact) mass is 465 g/mol. The van der Waals surface area contributed by atoms with E-state index in [4.69, 9.17) is 0 Å². The predicted molar refractivity (Wildman–Crippen MR) is 111 cm³/mol. The highest BCUT2D eigenvalue weighted by Crippen LogP contribution is 2.42. The van der Waals surface area contributed by atoms with Gasteiger partial charge in [0.2, 0.25) is 5.95 Å². The van der Waals surface area contributed by atoms with Crippen molar-refractivity contribution in [3.63, 3.8) is 0 Å². The molecule has 1 unspecified atom stereocenters. The van der Waals surface area contributed by atoms with Crippen molar-refractivity contribution in [1.82, 2.24) is 9.97 Å². The topological polar surface area (TPSA) is 72.0 Å². The molecule has 1 atom stereocenters. The molecule has 0 aliphatic heterocycles. The Labute approximate surface area is 182 Å². The number of aryl methyl sites for hydroxylation is 2. The molecule has 1 aliphatic carbocycles. The molecule has 3 aromatic rings. The molecule has 0 saturated carbocycles. The van der Waals surface area contributed by atoms with Crippen LogP contribution in [0.3, 0.4) is 0 Å². The summed E-state index contributed by atoms with van der Waals surface area (Å²) in [5.41, 5.74) is 1.77. The molecule has 10 heteroatoms. The van der Waals surface area contributed by atoms with Crippen molar-refractivity contribution in [2.24, 2.45) is 0 Å². The van der Waals surface area contributed by atoms with Gasteiger partial charge in [-0.3, -0.25) is 4.39 Å². The minimum Gasteiger partial charge on any atom is -0.251 e. The van der Waals surface area contributed by atoms with E-state index in [1.165, 1.54) is 24.5 Å². The molecule has 1 heterocycles. The van der Waals surface area contributed by atoms with E-state index in [1.807, 2.05) is 0 Å². The number of halogens is 4. The lowest BCUT2D eigenvalue weighted by Crippen LogP contribution is -2.15. The highest BCUT2D eigenvalue weighted by Gasteiger charge is 2.33. The van der Waals surface area contributed by atoms with Crippen LogP contribution in [0.25, 0.3) is 0 Å². The van der Waals surface area contributed by atoms with Gasteiger partial charge >= 0.3 is 6.18 Å². The second-order valence-electron chi connectivity index (χ2n) is 7.48. The van der Waals surface area contributed by atoms with Gasteiger partial charge in [-0.15, -0.1) is 0 Å². The summed E-state index contributed by atoms with van der Waals surface area (Å²) in [4.78, 5) is 7.75. The van der Waals surface area contributed by atoms with Crippen molar-refractivity contribution in [3.8, 4) is 0 Å². The van der Waals surface area contributed by atoms with Crippen molar-refractivity contribution >= 4 is 16.0 Å². The minimum absolute atomic E-state index is 0.0424. The van der Waals surface area contributed by atoms with E-state index in [2.05, 4.69) is 14.7 Å². The number of fused-ring (bicyclic) bond motifs is 1. The number of sulfonamides is 1. The normalized spacial score (nSPS) is 16.1. The van der Waals surface area contributed by atoms with E-state index in [1.54, 1.807) is 18.2 Å². The summed E-state index contributed by atoms with van der Waals surface area (Å²) in [6.45, 7) is -0.766. The van der Waals surface area contributed by atoms with Gasteiger partial charge in [-0.05, 0) is 65.4 Å². The molecule has 168 valence electrons. The second kappa shape index (κ2) is 8.50. The third-order valence-electron chi connectivity index (χ3n) is 5.50. The first kappa shape index (κ1) is 22.2. The second-order valence-corrected chi connectivity index (χ2v) is 9.16. The maximum absolute atomic E-state index is 13.1. The summed E-state index contributed by atoms with van der Waals surface area (Å²) in [6, 6.07) is 9.66.